The summed E-state index contributed by atoms with van der Waals surface area (Å²) in [5.41, 5.74) is -0.0118. The van der Waals surface area contributed by atoms with Crippen LogP contribution in [-0.2, 0) is 10.0 Å². The number of carboxylic acids is 1. The first kappa shape index (κ1) is 15.0. The molecule has 1 aliphatic rings. The smallest absolute Gasteiger partial charge is 0.337 e. The van der Waals surface area contributed by atoms with Crippen molar-refractivity contribution < 1.29 is 18.3 Å². The Bertz CT molecular complexity index is 627. The van der Waals surface area contributed by atoms with Gasteiger partial charge in [0.15, 0.2) is 0 Å². The average molecular weight is 320 g/mol. The Labute approximate surface area is 121 Å². The summed E-state index contributed by atoms with van der Waals surface area (Å²) in [6.07, 6.45) is 2.55. The van der Waals surface area contributed by atoms with Gasteiger partial charge in [0, 0.05) is 32.4 Å². The lowest BCUT2D eigenvalue weighted by Gasteiger charge is -2.34. The summed E-state index contributed by atoms with van der Waals surface area (Å²) >= 11 is 6.05. The van der Waals surface area contributed by atoms with Crippen LogP contribution in [0, 0.1) is 0 Å². The highest BCUT2D eigenvalue weighted by molar-refractivity contribution is 7.88. The number of hydrogen-bond acceptors (Lipinski definition) is 5. The summed E-state index contributed by atoms with van der Waals surface area (Å²) in [7, 11) is -3.20. The SMILES string of the molecule is CS(=O)(=O)N1CCN(c2nccc(C(=O)O)c2Cl)CC1. The molecule has 1 aromatic heterocycles. The van der Waals surface area contributed by atoms with Crippen LogP contribution in [0.1, 0.15) is 10.4 Å². The molecule has 0 amide bonds. The molecule has 2 rings (SSSR count). The number of piperazine rings is 1. The Morgan fingerprint density at radius 1 is 1.35 bits per heavy atom. The highest BCUT2D eigenvalue weighted by atomic mass is 35.5. The maximum absolute atomic E-state index is 11.4. The molecule has 0 bridgehead atoms. The molecule has 0 saturated carbocycles. The fourth-order valence-electron chi connectivity index (χ4n) is 2.05. The number of sulfonamides is 1. The molecule has 110 valence electrons. The fraction of sp³-hybridized carbons (Fsp3) is 0.455. The predicted octanol–water partition coefficient (Wildman–Crippen LogP) is 0.515. The van der Waals surface area contributed by atoms with Crippen LogP contribution < -0.4 is 4.90 Å². The Hall–Kier alpha value is -1.38. The van der Waals surface area contributed by atoms with Crippen LogP contribution in [0.3, 0.4) is 0 Å². The number of nitrogens with zero attached hydrogens (tertiary/aromatic N) is 3. The molecule has 7 nitrogen and oxygen atoms in total. The van der Waals surface area contributed by atoms with Gasteiger partial charge in [-0.2, -0.15) is 4.31 Å². The van der Waals surface area contributed by atoms with E-state index in [0.717, 1.165) is 0 Å². The van der Waals surface area contributed by atoms with Crippen LogP contribution in [0.4, 0.5) is 5.82 Å². The van der Waals surface area contributed by atoms with E-state index in [-0.39, 0.29) is 10.6 Å². The molecule has 1 aliphatic heterocycles. The zero-order chi connectivity index (χ0) is 14.9. The average Bonchev–Trinajstić information content (AvgIpc) is 2.38. The van der Waals surface area contributed by atoms with Crippen molar-refractivity contribution >= 4 is 33.4 Å². The third kappa shape index (κ3) is 3.02. The Kier molecular flexibility index (Phi) is 4.17. The van der Waals surface area contributed by atoms with Crippen LogP contribution in [0.2, 0.25) is 5.02 Å². The van der Waals surface area contributed by atoms with Gasteiger partial charge in [-0.25, -0.2) is 18.2 Å². The maximum Gasteiger partial charge on any atom is 0.337 e. The number of rotatable bonds is 3. The van der Waals surface area contributed by atoms with E-state index in [0.29, 0.717) is 32.0 Å². The van der Waals surface area contributed by atoms with Crippen molar-refractivity contribution in [3.63, 3.8) is 0 Å². The summed E-state index contributed by atoms with van der Waals surface area (Å²) < 4.78 is 24.2. The quantitative estimate of drug-likeness (QED) is 0.873. The third-order valence-corrected chi connectivity index (χ3v) is 4.78. The largest absolute Gasteiger partial charge is 0.478 e. The molecule has 9 heteroatoms. The molecule has 1 saturated heterocycles. The molecule has 0 atom stereocenters. The fourth-order valence-corrected chi connectivity index (χ4v) is 3.19. The van der Waals surface area contributed by atoms with E-state index in [2.05, 4.69) is 4.98 Å². The van der Waals surface area contributed by atoms with E-state index in [4.69, 9.17) is 16.7 Å². The standard InChI is InChI=1S/C11H14ClN3O4S/c1-20(18,19)15-6-4-14(5-7-15)10-9(12)8(11(16)17)2-3-13-10/h2-3H,4-7H2,1H3,(H,16,17). The minimum absolute atomic E-state index is 0.0118. The molecule has 0 aliphatic carbocycles. The lowest BCUT2D eigenvalue weighted by atomic mass is 10.2. The minimum atomic E-state index is -3.20. The van der Waals surface area contributed by atoms with E-state index < -0.39 is 16.0 Å². The van der Waals surface area contributed by atoms with E-state index in [1.807, 2.05) is 0 Å². The summed E-state index contributed by atoms with van der Waals surface area (Å²) in [5, 5.41) is 9.10. The topological polar surface area (TPSA) is 90.8 Å². The molecule has 1 aromatic rings. The summed E-state index contributed by atoms with van der Waals surface area (Å²) in [4.78, 5) is 16.9. The second-order valence-electron chi connectivity index (χ2n) is 4.45. The van der Waals surface area contributed by atoms with E-state index >= 15 is 0 Å². The molecular weight excluding hydrogens is 306 g/mol. The summed E-state index contributed by atoms with van der Waals surface area (Å²) in [5.74, 6) is -0.742. The first-order valence-corrected chi connectivity index (χ1v) is 8.11. The van der Waals surface area contributed by atoms with E-state index in [1.54, 1.807) is 4.90 Å². The van der Waals surface area contributed by atoms with Gasteiger partial charge in [0.25, 0.3) is 0 Å². The molecule has 1 N–H and O–H groups in total. The van der Waals surface area contributed by atoms with E-state index in [9.17, 15) is 13.2 Å². The lowest BCUT2D eigenvalue weighted by molar-refractivity contribution is 0.0697. The summed E-state index contributed by atoms with van der Waals surface area (Å²) in [6.45, 7) is 1.49. The Morgan fingerprint density at radius 3 is 2.45 bits per heavy atom. The Morgan fingerprint density at radius 2 is 1.95 bits per heavy atom. The van der Waals surface area contributed by atoms with Gasteiger partial charge < -0.3 is 10.0 Å². The monoisotopic (exact) mass is 319 g/mol. The van der Waals surface area contributed by atoms with Crippen LogP contribution in [-0.4, -0.2) is 61.2 Å². The zero-order valence-electron chi connectivity index (χ0n) is 10.8. The van der Waals surface area contributed by atoms with Crippen molar-refractivity contribution in [3.05, 3.63) is 22.8 Å². The van der Waals surface area contributed by atoms with Gasteiger partial charge in [0.05, 0.1) is 16.8 Å². The lowest BCUT2D eigenvalue weighted by Crippen LogP contribution is -2.48. The van der Waals surface area contributed by atoms with Gasteiger partial charge in [-0.05, 0) is 6.07 Å². The van der Waals surface area contributed by atoms with E-state index in [1.165, 1.54) is 22.8 Å². The molecule has 20 heavy (non-hydrogen) atoms. The van der Waals surface area contributed by atoms with Gasteiger partial charge in [-0.1, -0.05) is 11.6 Å². The van der Waals surface area contributed by atoms with Crippen molar-refractivity contribution in [2.45, 2.75) is 0 Å². The van der Waals surface area contributed by atoms with Crippen molar-refractivity contribution in [2.75, 3.05) is 37.3 Å². The van der Waals surface area contributed by atoms with Crippen molar-refractivity contribution in [1.29, 1.82) is 0 Å². The first-order valence-electron chi connectivity index (χ1n) is 5.88. The normalized spacial score (nSPS) is 17.2. The highest BCUT2D eigenvalue weighted by Crippen LogP contribution is 2.27. The number of carbonyl (C=O) groups is 1. The maximum atomic E-state index is 11.4. The number of carboxylic acid groups (broad SMARTS) is 1. The van der Waals surface area contributed by atoms with Crippen LogP contribution in [0.5, 0.6) is 0 Å². The van der Waals surface area contributed by atoms with Gasteiger partial charge in [-0.3, -0.25) is 0 Å². The van der Waals surface area contributed by atoms with Crippen LogP contribution in [0.25, 0.3) is 0 Å². The second kappa shape index (κ2) is 5.55. The van der Waals surface area contributed by atoms with Crippen molar-refractivity contribution in [3.8, 4) is 0 Å². The molecule has 2 heterocycles. The predicted molar refractivity (Wildman–Crippen MR) is 74.8 cm³/mol. The van der Waals surface area contributed by atoms with Gasteiger partial charge in [-0.15, -0.1) is 0 Å². The molecule has 1 fully saturated rings. The number of aromatic carboxylic acids is 1. The number of hydrogen-bond donors (Lipinski definition) is 1. The van der Waals surface area contributed by atoms with Gasteiger partial charge in [0.1, 0.15) is 5.82 Å². The van der Waals surface area contributed by atoms with Gasteiger partial charge in [0.2, 0.25) is 10.0 Å². The molecule has 0 spiro atoms. The zero-order valence-corrected chi connectivity index (χ0v) is 12.4. The van der Waals surface area contributed by atoms with Crippen LogP contribution >= 0.6 is 11.6 Å². The van der Waals surface area contributed by atoms with Gasteiger partial charge >= 0.3 is 5.97 Å². The number of anilines is 1. The minimum Gasteiger partial charge on any atom is -0.478 e. The van der Waals surface area contributed by atoms with Crippen molar-refractivity contribution in [2.24, 2.45) is 0 Å². The summed E-state index contributed by atoms with van der Waals surface area (Å²) in [6, 6.07) is 1.33. The molecule has 0 aromatic carbocycles. The first-order chi connectivity index (χ1) is 9.30. The third-order valence-electron chi connectivity index (χ3n) is 3.11. The number of halogens is 1. The molecule has 0 radical (unpaired) electrons. The van der Waals surface area contributed by atoms with Crippen LogP contribution in [0.15, 0.2) is 12.3 Å². The second-order valence-corrected chi connectivity index (χ2v) is 6.81. The highest BCUT2D eigenvalue weighted by Gasteiger charge is 2.26. The molecular formula is C11H14ClN3O4S. The van der Waals surface area contributed by atoms with Crippen molar-refractivity contribution in [1.82, 2.24) is 9.29 Å². The molecule has 0 unspecified atom stereocenters. The number of aromatic nitrogens is 1. The Balaban J connectivity index is 2.19. The number of pyridine rings is 1.